The molecule has 2 fully saturated rings. The molecule has 5 heteroatoms. The highest BCUT2D eigenvalue weighted by molar-refractivity contribution is 5.69. The summed E-state index contributed by atoms with van der Waals surface area (Å²) in [4.78, 5) is 5.03. The zero-order chi connectivity index (χ0) is 19.9. The molecule has 0 spiro atoms. The van der Waals surface area contributed by atoms with Crippen molar-refractivity contribution < 1.29 is 4.74 Å². The average molecular weight is 395 g/mol. The minimum absolute atomic E-state index is 0.595. The van der Waals surface area contributed by atoms with Crippen LogP contribution in [0.1, 0.15) is 24.0 Å². The summed E-state index contributed by atoms with van der Waals surface area (Å²) >= 11 is 0. The summed E-state index contributed by atoms with van der Waals surface area (Å²) in [7, 11) is 0. The lowest BCUT2D eigenvalue weighted by atomic mass is 10.1. The Morgan fingerprint density at radius 1 is 1.00 bits per heavy atom. The van der Waals surface area contributed by atoms with Crippen LogP contribution in [0.4, 0.5) is 11.4 Å². The maximum Gasteiger partial charge on any atom is 0.123 e. The highest BCUT2D eigenvalue weighted by Gasteiger charge is 2.17. The van der Waals surface area contributed by atoms with Gasteiger partial charge in [0.15, 0.2) is 0 Å². The maximum atomic E-state index is 6.21. The second kappa shape index (κ2) is 9.99. The van der Waals surface area contributed by atoms with Crippen LogP contribution in [0, 0.1) is 6.92 Å². The first-order chi connectivity index (χ1) is 14.3. The number of piperazine rings is 1. The molecule has 2 N–H and O–H groups in total. The van der Waals surface area contributed by atoms with Gasteiger partial charge in [0.05, 0.1) is 0 Å². The minimum Gasteiger partial charge on any atom is -0.489 e. The number of ether oxygens (including phenoxy) is 1. The molecule has 0 bridgehead atoms. The van der Waals surface area contributed by atoms with Crippen LogP contribution in [0.5, 0.6) is 5.75 Å². The number of anilines is 2. The van der Waals surface area contributed by atoms with Gasteiger partial charge in [-0.3, -0.25) is 0 Å². The maximum absolute atomic E-state index is 6.21. The first kappa shape index (κ1) is 20.0. The van der Waals surface area contributed by atoms with Crippen LogP contribution in [0.25, 0.3) is 0 Å². The van der Waals surface area contributed by atoms with E-state index in [-0.39, 0.29) is 0 Å². The Balaban J connectivity index is 1.49. The third-order valence-corrected chi connectivity index (χ3v) is 6.00. The third kappa shape index (κ3) is 5.43. The van der Waals surface area contributed by atoms with Crippen LogP contribution in [0.15, 0.2) is 42.5 Å². The molecule has 29 heavy (non-hydrogen) atoms. The summed E-state index contributed by atoms with van der Waals surface area (Å²) in [6.45, 7) is 11.5. The number of benzene rings is 2. The molecule has 0 aromatic heterocycles. The molecule has 2 aromatic carbocycles. The van der Waals surface area contributed by atoms with Gasteiger partial charge in [-0.15, -0.1) is 0 Å². The Morgan fingerprint density at radius 2 is 1.76 bits per heavy atom. The van der Waals surface area contributed by atoms with Crippen molar-refractivity contribution in [1.82, 2.24) is 10.2 Å². The van der Waals surface area contributed by atoms with Gasteiger partial charge in [-0.05, 0) is 44.0 Å². The van der Waals surface area contributed by atoms with Crippen LogP contribution in [-0.2, 0) is 6.61 Å². The summed E-state index contributed by atoms with van der Waals surface area (Å²) in [5.41, 5.74) is 5.00. The van der Waals surface area contributed by atoms with Gasteiger partial charge in [-0.25, -0.2) is 0 Å². The standard InChI is InChI=1S/C24H34N4O/c1-20-23(26-11-14-27-12-5-6-13-27)17-22(29-19-21-7-3-2-4-8-21)18-24(20)28-15-9-25-10-16-28/h2-4,7-8,17-18,25-26H,5-6,9-16,19H2,1H3. The Labute approximate surface area is 175 Å². The SMILES string of the molecule is Cc1c(NCCN2CCCC2)cc(OCc2ccccc2)cc1N1CCNCC1. The second-order valence-corrected chi connectivity index (χ2v) is 8.10. The zero-order valence-electron chi connectivity index (χ0n) is 17.6. The van der Waals surface area contributed by atoms with E-state index in [2.05, 4.69) is 63.8 Å². The summed E-state index contributed by atoms with van der Waals surface area (Å²) < 4.78 is 6.21. The van der Waals surface area contributed by atoms with Crippen LogP contribution in [0.2, 0.25) is 0 Å². The molecule has 4 rings (SSSR count). The van der Waals surface area contributed by atoms with Crippen molar-refractivity contribution in [2.45, 2.75) is 26.4 Å². The summed E-state index contributed by atoms with van der Waals surface area (Å²) in [6, 6.07) is 14.8. The topological polar surface area (TPSA) is 39.8 Å². The number of nitrogens with zero attached hydrogens (tertiary/aromatic N) is 2. The van der Waals surface area contributed by atoms with Gasteiger partial charge in [0.1, 0.15) is 12.4 Å². The highest BCUT2D eigenvalue weighted by atomic mass is 16.5. The van der Waals surface area contributed by atoms with E-state index in [1.54, 1.807) is 0 Å². The summed E-state index contributed by atoms with van der Waals surface area (Å²) in [5, 5.41) is 7.15. The Morgan fingerprint density at radius 3 is 2.52 bits per heavy atom. The third-order valence-electron chi connectivity index (χ3n) is 6.00. The molecule has 2 aliphatic heterocycles. The Bertz CT molecular complexity index is 768. The van der Waals surface area contributed by atoms with E-state index in [4.69, 9.17) is 4.74 Å². The molecule has 2 heterocycles. The zero-order valence-corrected chi connectivity index (χ0v) is 17.6. The largest absolute Gasteiger partial charge is 0.489 e. The van der Waals surface area contributed by atoms with E-state index in [0.717, 1.165) is 45.0 Å². The number of hydrogen-bond acceptors (Lipinski definition) is 5. The lowest BCUT2D eigenvalue weighted by Crippen LogP contribution is -2.43. The molecule has 2 saturated heterocycles. The number of nitrogens with one attached hydrogen (secondary N) is 2. The lowest BCUT2D eigenvalue weighted by Gasteiger charge is -2.32. The van der Waals surface area contributed by atoms with Gasteiger partial charge >= 0.3 is 0 Å². The van der Waals surface area contributed by atoms with E-state index < -0.39 is 0 Å². The van der Waals surface area contributed by atoms with Crippen molar-refractivity contribution in [2.24, 2.45) is 0 Å². The molecule has 2 aliphatic rings. The molecule has 0 saturated carbocycles. The Kier molecular flexibility index (Phi) is 6.91. The smallest absolute Gasteiger partial charge is 0.123 e. The molecule has 5 nitrogen and oxygen atoms in total. The van der Waals surface area contributed by atoms with E-state index >= 15 is 0 Å². The van der Waals surface area contributed by atoms with E-state index in [9.17, 15) is 0 Å². The van der Waals surface area contributed by atoms with E-state index in [0.29, 0.717) is 6.61 Å². The molecule has 0 unspecified atom stereocenters. The molecule has 0 atom stereocenters. The van der Waals surface area contributed by atoms with E-state index in [1.165, 1.54) is 48.4 Å². The van der Waals surface area contributed by atoms with Crippen molar-refractivity contribution in [1.29, 1.82) is 0 Å². The van der Waals surface area contributed by atoms with Gasteiger partial charge in [0.25, 0.3) is 0 Å². The lowest BCUT2D eigenvalue weighted by molar-refractivity contribution is 0.306. The molecule has 0 radical (unpaired) electrons. The molecule has 0 amide bonds. The molecular formula is C24H34N4O. The molecule has 2 aromatic rings. The fraction of sp³-hybridized carbons (Fsp3) is 0.500. The second-order valence-electron chi connectivity index (χ2n) is 8.10. The number of rotatable bonds is 8. The first-order valence-electron chi connectivity index (χ1n) is 11.0. The summed E-state index contributed by atoms with van der Waals surface area (Å²) in [5.74, 6) is 0.941. The van der Waals surface area contributed by atoms with Crippen molar-refractivity contribution >= 4 is 11.4 Å². The van der Waals surface area contributed by atoms with Crippen molar-refractivity contribution in [3.63, 3.8) is 0 Å². The van der Waals surface area contributed by atoms with Gasteiger partial charge in [0.2, 0.25) is 0 Å². The van der Waals surface area contributed by atoms with Gasteiger partial charge < -0.3 is 25.2 Å². The molecule has 156 valence electrons. The van der Waals surface area contributed by atoms with Crippen molar-refractivity contribution in [3.05, 3.63) is 53.6 Å². The molecular weight excluding hydrogens is 360 g/mol. The van der Waals surface area contributed by atoms with Crippen molar-refractivity contribution in [3.8, 4) is 5.75 Å². The van der Waals surface area contributed by atoms with Gasteiger partial charge in [-0.1, -0.05) is 30.3 Å². The van der Waals surface area contributed by atoms with Crippen LogP contribution in [0.3, 0.4) is 0 Å². The number of likely N-dealkylation sites (tertiary alicyclic amines) is 1. The van der Waals surface area contributed by atoms with Crippen LogP contribution >= 0.6 is 0 Å². The quantitative estimate of drug-likeness (QED) is 0.717. The minimum atomic E-state index is 0.595. The predicted octanol–water partition coefficient (Wildman–Crippen LogP) is 3.49. The van der Waals surface area contributed by atoms with E-state index in [1.807, 2.05) is 6.07 Å². The molecule has 0 aliphatic carbocycles. The predicted molar refractivity (Wildman–Crippen MR) is 121 cm³/mol. The monoisotopic (exact) mass is 394 g/mol. The van der Waals surface area contributed by atoms with Crippen LogP contribution in [-0.4, -0.2) is 57.3 Å². The first-order valence-corrected chi connectivity index (χ1v) is 11.0. The fourth-order valence-corrected chi connectivity index (χ4v) is 4.27. The van der Waals surface area contributed by atoms with Gasteiger partial charge in [0, 0.05) is 62.8 Å². The Hall–Kier alpha value is -2.24. The van der Waals surface area contributed by atoms with Gasteiger partial charge in [-0.2, -0.15) is 0 Å². The number of hydrogen-bond donors (Lipinski definition) is 2. The normalized spacial score (nSPS) is 17.5. The average Bonchev–Trinajstić information content (AvgIpc) is 3.29. The highest BCUT2D eigenvalue weighted by Crippen LogP contribution is 2.33. The summed E-state index contributed by atoms with van der Waals surface area (Å²) in [6.07, 6.45) is 2.68. The van der Waals surface area contributed by atoms with Crippen LogP contribution < -0.4 is 20.3 Å². The van der Waals surface area contributed by atoms with Crippen molar-refractivity contribution in [2.75, 3.05) is 62.6 Å². The fourth-order valence-electron chi connectivity index (χ4n) is 4.27.